The Hall–Kier alpha value is -1.92. The number of carbonyl (C=O) groups is 1. The zero-order valence-corrected chi connectivity index (χ0v) is 13.4. The standard InChI is InChI=1S/C14H24N6O/c1-14(2,3)11-16-12(15)18-13(17-11)20-8-6-7-9(20)10(21)19(4)5/h9H,6-8H2,1-5H3,(H2,15,16,17,18)/t9-/m0/s1. The summed E-state index contributed by atoms with van der Waals surface area (Å²) in [4.78, 5) is 28.8. The second kappa shape index (κ2) is 5.46. The molecule has 7 heteroatoms. The number of aromatic nitrogens is 3. The topological polar surface area (TPSA) is 88.2 Å². The van der Waals surface area contributed by atoms with Gasteiger partial charge in [-0.15, -0.1) is 0 Å². The monoisotopic (exact) mass is 292 g/mol. The number of nitrogens with zero attached hydrogens (tertiary/aromatic N) is 5. The van der Waals surface area contributed by atoms with Gasteiger partial charge in [-0.05, 0) is 12.8 Å². The summed E-state index contributed by atoms with van der Waals surface area (Å²) in [5, 5.41) is 0. The van der Waals surface area contributed by atoms with Crippen molar-refractivity contribution < 1.29 is 4.79 Å². The highest BCUT2D eigenvalue weighted by atomic mass is 16.2. The average molecular weight is 292 g/mol. The fraction of sp³-hybridized carbons (Fsp3) is 0.714. The van der Waals surface area contributed by atoms with Crippen molar-refractivity contribution in [3.05, 3.63) is 5.82 Å². The summed E-state index contributed by atoms with van der Waals surface area (Å²) in [6.07, 6.45) is 1.76. The van der Waals surface area contributed by atoms with Crippen LogP contribution in [0.1, 0.15) is 39.4 Å². The van der Waals surface area contributed by atoms with Crippen LogP contribution in [0.5, 0.6) is 0 Å². The van der Waals surface area contributed by atoms with Crippen LogP contribution in [-0.4, -0.2) is 52.4 Å². The normalized spacial score (nSPS) is 18.9. The molecule has 0 aliphatic carbocycles. The van der Waals surface area contributed by atoms with Crippen LogP contribution in [0.2, 0.25) is 0 Å². The molecule has 0 bridgehead atoms. The molecule has 7 nitrogen and oxygen atoms in total. The summed E-state index contributed by atoms with van der Waals surface area (Å²) in [6, 6.07) is -0.213. The summed E-state index contributed by atoms with van der Waals surface area (Å²) < 4.78 is 0. The maximum absolute atomic E-state index is 12.3. The van der Waals surface area contributed by atoms with Crippen LogP contribution >= 0.6 is 0 Å². The van der Waals surface area contributed by atoms with E-state index in [0.29, 0.717) is 11.8 Å². The Bertz CT molecular complexity index is 537. The Morgan fingerprint density at radius 1 is 1.29 bits per heavy atom. The van der Waals surface area contributed by atoms with Crippen LogP contribution in [0.25, 0.3) is 0 Å². The Labute approximate surface area is 125 Å². The summed E-state index contributed by atoms with van der Waals surface area (Å²) in [7, 11) is 3.53. The van der Waals surface area contributed by atoms with Crippen molar-refractivity contribution in [1.82, 2.24) is 19.9 Å². The SMILES string of the molecule is CN(C)C(=O)[C@@H]1CCCN1c1nc(N)nc(C(C)(C)C)n1. The number of anilines is 2. The molecule has 0 spiro atoms. The molecular weight excluding hydrogens is 268 g/mol. The van der Waals surface area contributed by atoms with Gasteiger partial charge in [-0.1, -0.05) is 20.8 Å². The van der Waals surface area contributed by atoms with Gasteiger partial charge in [0.15, 0.2) is 0 Å². The summed E-state index contributed by atoms with van der Waals surface area (Å²) >= 11 is 0. The molecule has 1 saturated heterocycles. The van der Waals surface area contributed by atoms with Crippen LogP contribution in [0.4, 0.5) is 11.9 Å². The first-order valence-corrected chi connectivity index (χ1v) is 7.20. The number of amides is 1. The molecule has 0 aromatic carbocycles. The highest BCUT2D eigenvalue weighted by molar-refractivity contribution is 5.85. The minimum absolute atomic E-state index is 0.0730. The van der Waals surface area contributed by atoms with Crippen LogP contribution in [0, 0.1) is 0 Å². The molecule has 116 valence electrons. The van der Waals surface area contributed by atoms with Crippen LogP contribution < -0.4 is 10.6 Å². The first-order chi connectivity index (χ1) is 9.70. The van der Waals surface area contributed by atoms with Gasteiger partial charge < -0.3 is 15.5 Å². The molecule has 0 saturated carbocycles. The molecule has 1 aromatic rings. The van der Waals surface area contributed by atoms with Crippen molar-refractivity contribution >= 4 is 17.8 Å². The largest absolute Gasteiger partial charge is 0.368 e. The van der Waals surface area contributed by atoms with Gasteiger partial charge in [0.05, 0.1) is 0 Å². The van der Waals surface area contributed by atoms with E-state index in [0.717, 1.165) is 19.4 Å². The number of hydrogen-bond acceptors (Lipinski definition) is 6. The number of nitrogens with two attached hydrogens (primary N) is 1. The highest BCUT2D eigenvalue weighted by Crippen LogP contribution is 2.26. The third-order valence-electron chi connectivity index (χ3n) is 3.55. The van der Waals surface area contributed by atoms with E-state index in [2.05, 4.69) is 15.0 Å². The van der Waals surface area contributed by atoms with Crippen molar-refractivity contribution in [3.63, 3.8) is 0 Å². The third kappa shape index (κ3) is 3.22. The van der Waals surface area contributed by atoms with Gasteiger partial charge in [0.1, 0.15) is 11.9 Å². The van der Waals surface area contributed by atoms with E-state index in [1.165, 1.54) is 0 Å². The number of carbonyl (C=O) groups excluding carboxylic acids is 1. The Balaban J connectivity index is 2.37. The number of likely N-dealkylation sites (N-methyl/N-ethyl adjacent to an activating group) is 1. The van der Waals surface area contributed by atoms with E-state index in [9.17, 15) is 4.79 Å². The lowest BCUT2D eigenvalue weighted by Gasteiger charge is -2.27. The molecule has 2 rings (SSSR count). The zero-order valence-electron chi connectivity index (χ0n) is 13.4. The molecule has 1 aliphatic heterocycles. The summed E-state index contributed by atoms with van der Waals surface area (Å²) in [5.74, 6) is 1.43. The van der Waals surface area contributed by atoms with Gasteiger partial charge in [-0.3, -0.25) is 4.79 Å². The lowest BCUT2D eigenvalue weighted by Crippen LogP contribution is -2.43. The minimum atomic E-state index is -0.216. The Kier molecular flexibility index (Phi) is 4.02. The van der Waals surface area contributed by atoms with Gasteiger partial charge in [0.25, 0.3) is 0 Å². The maximum atomic E-state index is 12.3. The predicted molar refractivity (Wildman–Crippen MR) is 82.0 cm³/mol. The third-order valence-corrected chi connectivity index (χ3v) is 3.55. The molecule has 1 amide bonds. The first kappa shape index (κ1) is 15.5. The molecule has 21 heavy (non-hydrogen) atoms. The van der Waals surface area contributed by atoms with E-state index >= 15 is 0 Å². The fourth-order valence-corrected chi connectivity index (χ4v) is 2.41. The van der Waals surface area contributed by atoms with Crippen molar-refractivity contribution in [1.29, 1.82) is 0 Å². The first-order valence-electron chi connectivity index (χ1n) is 7.20. The van der Waals surface area contributed by atoms with Gasteiger partial charge in [-0.25, -0.2) is 0 Å². The lowest BCUT2D eigenvalue weighted by molar-refractivity contribution is -0.129. The molecule has 2 N–H and O–H groups in total. The Morgan fingerprint density at radius 3 is 2.52 bits per heavy atom. The van der Waals surface area contributed by atoms with Gasteiger partial charge in [0.2, 0.25) is 17.8 Å². The van der Waals surface area contributed by atoms with E-state index < -0.39 is 0 Å². The summed E-state index contributed by atoms with van der Waals surface area (Å²) in [5.41, 5.74) is 5.61. The molecule has 1 fully saturated rings. The molecule has 1 atom stereocenters. The zero-order chi connectivity index (χ0) is 15.8. The van der Waals surface area contributed by atoms with Crippen molar-refractivity contribution in [2.45, 2.75) is 45.1 Å². The minimum Gasteiger partial charge on any atom is -0.368 e. The number of nitrogen functional groups attached to an aromatic ring is 1. The van der Waals surface area contributed by atoms with E-state index in [1.54, 1.807) is 19.0 Å². The Morgan fingerprint density at radius 2 is 1.95 bits per heavy atom. The molecule has 0 radical (unpaired) electrons. The van der Waals surface area contributed by atoms with Gasteiger partial charge >= 0.3 is 0 Å². The van der Waals surface area contributed by atoms with Gasteiger partial charge in [-0.2, -0.15) is 15.0 Å². The van der Waals surface area contributed by atoms with Crippen LogP contribution in [-0.2, 0) is 10.2 Å². The molecular formula is C14H24N6O. The van der Waals surface area contributed by atoms with Crippen molar-refractivity contribution in [3.8, 4) is 0 Å². The van der Waals surface area contributed by atoms with Crippen molar-refractivity contribution in [2.24, 2.45) is 0 Å². The molecule has 2 heterocycles. The van der Waals surface area contributed by atoms with Crippen LogP contribution in [0.3, 0.4) is 0 Å². The van der Waals surface area contributed by atoms with E-state index in [4.69, 9.17) is 5.73 Å². The molecule has 0 unspecified atom stereocenters. The van der Waals surface area contributed by atoms with E-state index in [1.807, 2.05) is 25.7 Å². The predicted octanol–water partition coefficient (Wildman–Crippen LogP) is 0.808. The second-order valence-electron chi connectivity index (χ2n) is 6.65. The fourth-order valence-electron chi connectivity index (χ4n) is 2.41. The number of rotatable bonds is 2. The second-order valence-corrected chi connectivity index (χ2v) is 6.65. The number of hydrogen-bond donors (Lipinski definition) is 1. The quantitative estimate of drug-likeness (QED) is 0.867. The van der Waals surface area contributed by atoms with Crippen LogP contribution in [0.15, 0.2) is 0 Å². The smallest absolute Gasteiger partial charge is 0.244 e. The lowest BCUT2D eigenvalue weighted by atomic mass is 9.96. The molecule has 1 aliphatic rings. The average Bonchev–Trinajstić information content (AvgIpc) is 2.84. The maximum Gasteiger partial charge on any atom is 0.244 e. The van der Waals surface area contributed by atoms with Crippen molar-refractivity contribution in [2.75, 3.05) is 31.3 Å². The van der Waals surface area contributed by atoms with E-state index in [-0.39, 0.29) is 23.3 Å². The molecule has 1 aromatic heterocycles. The highest BCUT2D eigenvalue weighted by Gasteiger charge is 2.34. The summed E-state index contributed by atoms with van der Waals surface area (Å²) in [6.45, 7) is 6.84. The van der Waals surface area contributed by atoms with Gasteiger partial charge in [0, 0.05) is 26.1 Å².